The molecule has 2 heterocycles. The Kier molecular flexibility index (Phi) is 5.38. The first-order valence-corrected chi connectivity index (χ1v) is 10.7. The summed E-state index contributed by atoms with van der Waals surface area (Å²) in [6.07, 6.45) is 0. The SMILES string of the molecule is COc1cc2nc(C)nc(NC(C)c3cccc(-c4ccc5c(c4)OCO5)c3)c2cc1OC. The van der Waals surface area contributed by atoms with Crippen molar-refractivity contribution in [2.24, 2.45) is 0 Å². The van der Waals surface area contributed by atoms with Crippen LogP contribution in [-0.4, -0.2) is 31.0 Å². The lowest BCUT2D eigenvalue weighted by molar-refractivity contribution is 0.174. The zero-order valence-corrected chi connectivity index (χ0v) is 19.0. The fraction of sp³-hybridized carbons (Fsp3) is 0.231. The van der Waals surface area contributed by atoms with Crippen molar-refractivity contribution in [1.29, 1.82) is 0 Å². The molecule has 7 nitrogen and oxygen atoms in total. The van der Waals surface area contributed by atoms with Crippen LogP contribution in [0.3, 0.4) is 0 Å². The second-order valence-corrected chi connectivity index (χ2v) is 7.90. The quantitative estimate of drug-likeness (QED) is 0.420. The van der Waals surface area contributed by atoms with Crippen LogP contribution in [0.15, 0.2) is 54.6 Å². The summed E-state index contributed by atoms with van der Waals surface area (Å²) in [5, 5.41) is 4.43. The van der Waals surface area contributed by atoms with Crippen LogP contribution in [0, 0.1) is 6.92 Å². The largest absolute Gasteiger partial charge is 0.493 e. The predicted molar refractivity (Wildman–Crippen MR) is 127 cm³/mol. The van der Waals surface area contributed by atoms with E-state index in [0.29, 0.717) is 17.3 Å². The molecule has 5 rings (SSSR count). The number of rotatable bonds is 6. The minimum Gasteiger partial charge on any atom is -0.493 e. The molecule has 3 aromatic carbocycles. The standard InChI is InChI=1S/C26H25N3O4/c1-15(17-6-5-7-18(10-17)19-8-9-22-25(11-19)33-14-32-22)27-26-20-12-23(30-3)24(31-4)13-21(20)28-16(2)29-26/h5-13,15H,14H2,1-4H3,(H,27,28,29). The van der Waals surface area contributed by atoms with E-state index in [4.69, 9.17) is 18.9 Å². The minimum absolute atomic E-state index is 0.00422. The van der Waals surface area contributed by atoms with Gasteiger partial charge in [0.2, 0.25) is 6.79 Å². The normalized spacial score (nSPS) is 13.1. The summed E-state index contributed by atoms with van der Waals surface area (Å²) in [6.45, 7) is 4.26. The Labute approximate surface area is 192 Å². The molecule has 0 spiro atoms. The van der Waals surface area contributed by atoms with Crippen LogP contribution in [0.5, 0.6) is 23.0 Å². The third-order valence-electron chi connectivity index (χ3n) is 5.76. The Hall–Kier alpha value is -4.00. The highest BCUT2D eigenvalue weighted by molar-refractivity contribution is 5.92. The molecule has 0 fully saturated rings. The van der Waals surface area contributed by atoms with Crippen LogP contribution in [0.4, 0.5) is 5.82 Å². The van der Waals surface area contributed by atoms with Crippen molar-refractivity contribution in [2.75, 3.05) is 26.3 Å². The van der Waals surface area contributed by atoms with Crippen molar-refractivity contribution in [3.63, 3.8) is 0 Å². The molecule has 33 heavy (non-hydrogen) atoms. The van der Waals surface area contributed by atoms with E-state index in [9.17, 15) is 0 Å². The lowest BCUT2D eigenvalue weighted by Crippen LogP contribution is -2.10. The molecule has 0 radical (unpaired) electrons. The summed E-state index contributed by atoms with van der Waals surface area (Å²) in [5.41, 5.74) is 4.11. The Morgan fingerprint density at radius 1 is 0.879 bits per heavy atom. The van der Waals surface area contributed by atoms with E-state index in [2.05, 4.69) is 46.5 Å². The van der Waals surface area contributed by atoms with Gasteiger partial charge in [0.05, 0.1) is 19.7 Å². The smallest absolute Gasteiger partial charge is 0.231 e. The maximum atomic E-state index is 5.54. The molecule has 0 bridgehead atoms. The topological polar surface area (TPSA) is 74.7 Å². The Morgan fingerprint density at radius 3 is 2.45 bits per heavy atom. The van der Waals surface area contributed by atoms with Crippen LogP contribution in [-0.2, 0) is 0 Å². The van der Waals surface area contributed by atoms with E-state index in [1.807, 2.05) is 37.3 Å². The van der Waals surface area contributed by atoms with Gasteiger partial charge in [-0.15, -0.1) is 0 Å². The molecule has 1 aliphatic heterocycles. The van der Waals surface area contributed by atoms with Crippen molar-refractivity contribution >= 4 is 16.7 Å². The van der Waals surface area contributed by atoms with Gasteiger partial charge in [0.15, 0.2) is 23.0 Å². The average Bonchev–Trinajstić information content (AvgIpc) is 3.31. The van der Waals surface area contributed by atoms with E-state index in [0.717, 1.165) is 44.9 Å². The number of ether oxygens (including phenoxy) is 4. The van der Waals surface area contributed by atoms with Gasteiger partial charge >= 0.3 is 0 Å². The molecule has 7 heteroatoms. The minimum atomic E-state index is 0.00422. The molecule has 0 aliphatic carbocycles. The first-order valence-electron chi connectivity index (χ1n) is 10.7. The number of benzene rings is 3. The zero-order valence-electron chi connectivity index (χ0n) is 19.0. The number of methoxy groups -OCH3 is 2. The van der Waals surface area contributed by atoms with Gasteiger partial charge < -0.3 is 24.3 Å². The number of hydrogen-bond acceptors (Lipinski definition) is 7. The molecule has 168 valence electrons. The Morgan fingerprint density at radius 2 is 1.64 bits per heavy atom. The highest BCUT2D eigenvalue weighted by atomic mass is 16.7. The number of aromatic nitrogens is 2. The Balaban J connectivity index is 1.47. The summed E-state index contributed by atoms with van der Waals surface area (Å²) in [5.74, 6) is 4.26. The number of aryl methyl sites for hydroxylation is 1. The number of nitrogens with one attached hydrogen (secondary N) is 1. The number of nitrogens with zero attached hydrogens (tertiary/aromatic N) is 2. The van der Waals surface area contributed by atoms with Crippen LogP contribution in [0.1, 0.15) is 24.4 Å². The maximum Gasteiger partial charge on any atom is 0.231 e. The molecule has 0 saturated heterocycles. The third-order valence-corrected chi connectivity index (χ3v) is 5.76. The molecule has 1 atom stereocenters. The molecule has 0 saturated carbocycles. The highest BCUT2D eigenvalue weighted by Crippen LogP contribution is 2.37. The molecule has 1 N–H and O–H groups in total. The van der Waals surface area contributed by atoms with Gasteiger partial charge in [-0.05, 0) is 54.8 Å². The summed E-state index contributed by atoms with van der Waals surface area (Å²) in [6, 6.07) is 18.2. The summed E-state index contributed by atoms with van der Waals surface area (Å²) in [4.78, 5) is 9.24. The monoisotopic (exact) mass is 443 g/mol. The lowest BCUT2D eigenvalue weighted by Gasteiger charge is -2.18. The maximum absolute atomic E-state index is 5.54. The fourth-order valence-corrected chi connectivity index (χ4v) is 4.03. The van der Waals surface area contributed by atoms with Crippen molar-refractivity contribution < 1.29 is 18.9 Å². The van der Waals surface area contributed by atoms with E-state index in [1.54, 1.807) is 14.2 Å². The predicted octanol–water partition coefficient (Wildman–Crippen LogP) is 5.52. The fourth-order valence-electron chi connectivity index (χ4n) is 4.03. The van der Waals surface area contributed by atoms with E-state index in [-0.39, 0.29) is 12.8 Å². The molecule has 1 aliphatic rings. The zero-order chi connectivity index (χ0) is 22.9. The molecular formula is C26H25N3O4. The van der Waals surface area contributed by atoms with Crippen LogP contribution in [0.2, 0.25) is 0 Å². The number of hydrogen-bond donors (Lipinski definition) is 1. The first kappa shape index (κ1) is 20.9. The number of fused-ring (bicyclic) bond motifs is 2. The lowest BCUT2D eigenvalue weighted by atomic mass is 9.99. The second kappa shape index (κ2) is 8.50. The molecule has 0 amide bonds. The average molecular weight is 444 g/mol. The van der Waals surface area contributed by atoms with Gasteiger partial charge in [-0.3, -0.25) is 0 Å². The molecule has 1 unspecified atom stereocenters. The molecular weight excluding hydrogens is 418 g/mol. The van der Waals surface area contributed by atoms with Gasteiger partial charge in [0.25, 0.3) is 0 Å². The van der Waals surface area contributed by atoms with Crippen LogP contribution >= 0.6 is 0 Å². The third kappa shape index (κ3) is 3.98. The Bertz CT molecular complexity index is 1340. The van der Waals surface area contributed by atoms with Crippen molar-refractivity contribution in [1.82, 2.24) is 9.97 Å². The van der Waals surface area contributed by atoms with E-state index in [1.165, 1.54) is 0 Å². The van der Waals surface area contributed by atoms with Crippen LogP contribution < -0.4 is 24.3 Å². The van der Waals surface area contributed by atoms with Crippen molar-refractivity contribution in [3.05, 3.63) is 66.0 Å². The van der Waals surface area contributed by atoms with Crippen LogP contribution in [0.25, 0.3) is 22.0 Å². The van der Waals surface area contributed by atoms with Gasteiger partial charge in [-0.25, -0.2) is 9.97 Å². The second-order valence-electron chi connectivity index (χ2n) is 7.90. The molecule has 4 aromatic rings. The van der Waals surface area contributed by atoms with Crippen molar-refractivity contribution in [2.45, 2.75) is 19.9 Å². The summed E-state index contributed by atoms with van der Waals surface area (Å²) >= 11 is 0. The van der Waals surface area contributed by atoms with Gasteiger partial charge in [0, 0.05) is 17.5 Å². The molecule has 1 aromatic heterocycles. The highest BCUT2D eigenvalue weighted by Gasteiger charge is 2.16. The number of anilines is 1. The van der Waals surface area contributed by atoms with Crippen molar-refractivity contribution in [3.8, 4) is 34.1 Å². The van der Waals surface area contributed by atoms with E-state index >= 15 is 0 Å². The summed E-state index contributed by atoms with van der Waals surface area (Å²) in [7, 11) is 3.24. The first-order chi connectivity index (χ1) is 16.1. The van der Waals surface area contributed by atoms with Gasteiger partial charge in [-0.1, -0.05) is 24.3 Å². The van der Waals surface area contributed by atoms with Gasteiger partial charge in [-0.2, -0.15) is 0 Å². The van der Waals surface area contributed by atoms with E-state index < -0.39 is 0 Å². The van der Waals surface area contributed by atoms with Gasteiger partial charge in [0.1, 0.15) is 11.6 Å². The summed E-state index contributed by atoms with van der Waals surface area (Å²) < 4.78 is 21.9.